The quantitative estimate of drug-likeness (QED) is 0.737. The number of hydrogen-bond acceptors (Lipinski definition) is 1. The number of rotatable bonds is 3. The summed E-state index contributed by atoms with van der Waals surface area (Å²) in [5, 5.41) is -3.86. The second-order valence-electron chi connectivity index (χ2n) is 3.17. The molecule has 0 N–H and O–H groups in total. The van der Waals surface area contributed by atoms with E-state index in [0.717, 1.165) is 6.07 Å². The summed E-state index contributed by atoms with van der Waals surface area (Å²) in [5.74, 6) is -1.86. The van der Waals surface area contributed by atoms with Gasteiger partial charge in [-0.15, -0.1) is 0 Å². The van der Waals surface area contributed by atoms with Gasteiger partial charge in [-0.25, -0.2) is 4.39 Å². The van der Waals surface area contributed by atoms with Crippen LogP contribution in [-0.2, 0) is 11.2 Å². The van der Waals surface area contributed by atoms with Crippen molar-refractivity contribution in [1.82, 2.24) is 0 Å². The van der Waals surface area contributed by atoms with Gasteiger partial charge in [-0.2, -0.15) is 8.78 Å². The first-order chi connectivity index (χ1) is 6.80. The van der Waals surface area contributed by atoms with E-state index in [9.17, 15) is 18.0 Å². The average molecular weight is 237 g/mol. The molecule has 0 aliphatic carbocycles. The molecule has 5 heteroatoms. The van der Waals surface area contributed by atoms with Crippen LogP contribution in [0.1, 0.15) is 11.1 Å². The van der Waals surface area contributed by atoms with Gasteiger partial charge in [-0.1, -0.05) is 6.07 Å². The molecule has 0 aromatic heterocycles. The molecule has 0 heterocycles. The van der Waals surface area contributed by atoms with Gasteiger partial charge in [-0.3, -0.25) is 4.79 Å². The van der Waals surface area contributed by atoms with Gasteiger partial charge in [0.05, 0.1) is 0 Å². The monoisotopic (exact) mass is 236 g/mol. The van der Waals surface area contributed by atoms with Crippen molar-refractivity contribution in [2.24, 2.45) is 0 Å². The third-order valence-corrected chi connectivity index (χ3v) is 2.18. The van der Waals surface area contributed by atoms with Crippen LogP contribution in [0.25, 0.3) is 0 Å². The van der Waals surface area contributed by atoms with Crippen LogP contribution in [0, 0.1) is 12.7 Å². The van der Waals surface area contributed by atoms with E-state index in [1.54, 1.807) is 0 Å². The lowest BCUT2D eigenvalue weighted by Gasteiger charge is -2.08. The molecule has 1 aromatic rings. The van der Waals surface area contributed by atoms with Crippen molar-refractivity contribution in [3.05, 3.63) is 35.1 Å². The van der Waals surface area contributed by atoms with E-state index in [1.807, 2.05) is 0 Å². The van der Waals surface area contributed by atoms with Crippen molar-refractivity contribution >= 4 is 17.4 Å². The van der Waals surface area contributed by atoms with Gasteiger partial charge in [0.25, 0.3) is 0 Å². The second-order valence-corrected chi connectivity index (χ2v) is 3.64. The first kappa shape index (κ1) is 12.0. The number of Topliss-reactive ketones (excluding diaryl/α,β-unsaturated/α-hetero) is 1. The fourth-order valence-corrected chi connectivity index (χ4v) is 1.20. The zero-order valence-electron chi connectivity index (χ0n) is 7.86. The summed E-state index contributed by atoms with van der Waals surface area (Å²) in [4.78, 5) is 10.9. The van der Waals surface area contributed by atoms with E-state index >= 15 is 0 Å². The minimum absolute atomic E-state index is 0.349. The highest BCUT2D eigenvalue weighted by Crippen LogP contribution is 2.23. The lowest BCUT2D eigenvalue weighted by molar-refractivity contribution is -0.132. The van der Waals surface area contributed by atoms with Crippen molar-refractivity contribution in [1.29, 1.82) is 0 Å². The Bertz CT molecular complexity index is 385. The van der Waals surface area contributed by atoms with Crippen LogP contribution in [0.3, 0.4) is 0 Å². The van der Waals surface area contributed by atoms with Crippen molar-refractivity contribution in [3.63, 3.8) is 0 Å². The Morgan fingerprint density at radius 2 is 2.07 bits per heavy atom. The topological polar surface area (TPSA) is 17.1 Å². The van der Waals surface area contributed by atoms with Crippen LogP contribution in [0.2, 0.25) is 0 Å². The van der Waals surface area contributed by atoms with Crippen molar-refractivity contribution in [3.8, 4) is 0 Å². The predicted molar refractivity (Wildman–Crippen MR) is 50.6 cm³/mol. The summed E-state index contributed by atoms with van der Waals surface area (Å²) in [7, 11) is 0. The Labute approximate surface area is 89.9 Å². The van der Waals surface area contributed by atoms with E-state index in [1.165, 1.54) is 19.1 Å². The molecule has 1 rings (SSSR count). The molecule has 0 bridgehead atoms. The second kappa shape index (κ2) is 4.23. The average Bonchev–Trinajstić information content (AvgIpc) is 2.08. The lowest BCUT2D eigenvalue weighted by Crippen LogP contribution is -2.23. The Morgan fingerprint density at radius 3 is 2.53 bits per heavy atom. The summed E-state index contributed by atoms with van der Waals surface area (Å²) in [6, 6.07) is 3.59. The van der Waals surface area contributed by atoms with Crippen molar-refractivity contribution < 1.29 is 18.0 Å². The molecule has 0 spiro atoms. The molecule has 0 unspecified atom stereocenters. The molecule has 0 radical (unpaired) electrons. The number of hydrogen-bond donors (Lipinski definition) is 0. The summed E-state index contributed by atoms with van der Waals surface area (Å²) < 4.78 is 37.4. The third-order valence-electron chi connectivity index (χ3n) is 1.97. The molecule has 0 atom stereocenters. The Balaban J connectivity index is 2.87. The van der Waals surface area contributed by atoms with Gasteiger partial charge in [0, 0.05) is 6.42 Å². The fraction of sp³-hybridized carbons (Fsp3) is 0.300. The molecule has 0 aliphatic heterocycles. The van der Waals surface area contributed by atoms with Crippen LogP contribution in [0.4, 0.5) is 13.2 Å². The molecule has 0 amide bonds. The highest BCUT2D eigenvalue weighted by Gasteiger charge is 2.35. The number of aryl methyl sites for hydroxylation is 1. The Kier molecular flexibility index (Phi) is 3.39. The zero-order valence-corrected chi connectivity index (χ0v) is 8.62. The van der Waals surface area contributed by atoms with E-state index < -0.39 is 23.4 Å². The predicted octanol–water partition coefficient (Wildman–Crippen LogP) is 3.08. The van der Waals surface area contributed by atoms with E-state index in [2.05, 4.69) is 11.6 Å². The molecule has 82 valence electrons. The minimum Gasteiger partial charge on any atom is -0.291 e. The number of carbonyl (C=O) groups is 1. The highest BCUT2D eigenvalue weighted by molar-refractivity contribution is 6.32. The van der Waals surface area contributed by atoms with Gasteiger partial charge in [0.15, 0.2) is 0 Å². The highest BCUT2D eigenvalue weighted by atomic mass is 35.5. The number of alkyl halides is 3. The molecule has 0 saturated carbocycles. The Hall–Kier alpha value is -1.03. The van der Waals surface area contributed by atoms with Gasteiger partial charge in [0.2, 0.25) is 5.78 Å². The first-order valence-electron chi connectivity index (χ1n) is 4.16. The molecule has 15 heavy (non-hydrogen) atoms. The number of carbonyl (C=O) groups excluding carboxylic acids is 1. The van der Waals surface area contributed by atoms with Gasteiger partial charge in [-0.05, 0) is 41.8 Å². The zero-order chi connectivity index (χ0) is 11.6. The van der Waals surface area contributed by atoms with Gasteiger partial charge >= 0.3 is 5.38 Å². The first-order valence-corrected chi connectivity index (χ1v) is 4.53. The van der Waals surface area contributed by atoms with E-state index in [0.29, 0.717) is 11.1 Å². The van der Waals surface area contributed by atoms with Crippen molar-refractivity contribution in [2.45, 2.75) is 18.7 Å². The maximum atomic E-state index is 12.7. The van der Waals surface area contributed by atoms with Crippen LogP contribution >= 0.6 is 11.6 Å². The molecular weight excluding hydrogens is 229 g/mol. The summed E-state index contributed by atoms with van der Waals surface area (Å²) >= 11 is 4.56. The van der Waals surface area contributed by atoms with Crippen molar-refractivity contribution in [2.75, 3.05) is 0 Å². The van der Waals surface area contributed by atoms with Crippen LogP contribution in [-0.4, -0.2) is 11.2 Å². The summed E-state index contributed by atoms with van der Waals surface area (Å²) in [6.07, 6.45) is -0.497. The van der Waals surface area contributed by atoms with Crippen LogP contribution in [0.5, 0.6) is 0 Å². The van der Waals surface area contributed by atoms with Gasteiger partial charge < -0.3 is 0 Å². The molecule has 1 aromatic carbocycles. The minimum atomic E-state index is -3.86. The van der Waals surface area contributed by atoms with E-state index in [4.69, 9.17) is 0 Å². The molecular formula is C10H8ClF3O. The summed E-state index contributed by atoms with van der Waals surface area (Å²) in [5.41, 5.74) is 0.797. The number of ketones is 1. The number of halogens is 4. The normalized spacial score (nSPS) is 11.5. The van der Waals surface area contributed by atoms with E-state index in [-0.39, 0.29) is 0 Å². The van der Waals surface area contributed by atoms with Gasteiger partial charge in [0.1, 0.15) is 5.82 Å². The maximum Gasteiger partial charge on any atom is 0.380 e. The standard InChI is InChI=1S/C10H8ClF3O/c1-6-4-8(12)3-2-7(6)5-9(15)10(11,13)14/h2-4H,5H2,1H3. The third kappa shape index (κ3) is 3.23. The molecule has 0 fully saturated rings. The molecule has 1 nitrogen and oxygen atoms in total. The Morgan fingerprint density at radius 1 is 1.47 bits per heavy atom. The maximum absolute atomic E-state index is 12.7. The smallest absolute Gasteiger partial charge is 0.291 e. The molecule has 0 aliphatic rings. The SMILES string of the molecule is Cc1cc(F)ccc1CC(=O)C(F)(F)Cl. The number of benzene rings is 1. The van der Waals surface area contributed by atoms with Crippen LogP contribution in [0.15, 0.2) is 18.2 Å². The molecule has 0 saturated heterocycles. The lowest BCUT2D eigenvalue weighted by atomic mass is 10.0. The van der Waals surface area contributed by atoms with Crippen LogP contribution < -0.4 is 0 Å². The summed E-state index contributed by atoms with van der Waals surface area (Å²) in [6.45, 7) is 1.54. The fourth-order valence-electron chi connectivity index (χ4n) is 1.13. The largest absolute Gasteiger partial charge is 0.380 e.